The van der Waals surface area contributed by atoms with Crippen LogP contribution >= 0.6 is 0 Å². The lowest BCUT2D eigenvalue weighted by atomic mass is 9.85. The lowest BCUT2D eigenvalue weighted by molar-refractivity contribution is 0.529. The van der Waals surface area contributed by atoms with Crippen molar-refractivity contribution >= 4 is 10.9 Å². The van der Waals surface area contributed by atoms with Crippen LogP contribution in [0.1, 0.15) is 51.8 Å². The maximum atomic E-state index is 14.5. The summed E-state index contributed by atoms with van der Waals surface area (Å²) in [7, 11) is 0. The second kappa shape index (κ2) is 4.34. The van der Waals surface area contributed by atoms with Gasteiger partial charge in [0.1, 0.15) is 5.82 Å². The highest BCUT2D eigenvalue weighted by atomic mass is 19.1. The predicted molar refractivity (Wildman–Crippen MR) is 74.5 cm³/mol. The molecule has 0 fully saturated rings. The van der Waals surface area contributed by atoms with Gasteiger partial charge in [-0.25, -0.2) is 4.39 Å². The van der Waals surface area contributed by atoms with Gasteiger partial charge in [-0.3, -0.25) is 4.98 Å². The molecule has 0 aliphatic heterocycles. The Hall–Kier alpha value is -1.44. The van der Waals surface area contributed by atoms with Crippen molar-refractivity contribution < 1.29 is 4.39 Å². The molecule has 18 heavy (non-hydrogen) atoms. The fraction of sp³-hybridized carbons (Fsp3) is 0.438. The van der Waals surface area contributed by atoms with E-state index >= 15 is 0 Å². The number of fused-ring (bicyclic) bond motifs is 1. The molecule has 1 aromatic heterocycles. The molecule has 2 aromatic rings. The Morgan fingerprint density at radius 2 is 1.72 bits per heavy atom. The van der Waals surface area contributed by atoms with Crippen LogP contribution in [-0.2, 0) is 5.41 Å². The second-order valence-corrected chi connectivity index (χ2v) is 6.13. The highest BCUT2D eigenvalue weighted by Crippen LogP contribution is 2.30. The first-order chi connectivity index (χ1) is 8.30. The van der Waals surface area contributed by atoms with E-state index in [-0.39, 0.29) is 11.2 Å². The van der Waals surface area contributed by atoms with Crippen molar-refractivity contribution in [2.45, 2.75) is 46.0 Å². The molecular weight excluding hydrogens is 225 g/mol. The monoisotopic (exact) mass is 245 g/mol. The summed E-state index contributed by atoms with van der Waals surface area (Å²) in [5.74, 6) is 0.225. The zero-order chi connectivity index (χ0) is 13.5. The Labute approximate surface area is 108 Å². The van der Waals surface area contributed by atoms with Crippen LogP contribution in [0.3, 0.4) is 0 Å². The number of aromatic nitrogens is 1. The van der Waals surface area contributed by atoms with E-state index in [1.807, 2.05) is 45.0 Å². The number of pyridine rings is 1. The average molecular weight is 245 g/mol. The molecule has 0 radical (unpaired) electrons. The molecule has 0 spiro atoms. The molecule has 2 heteroatoms. The van der Waals surface area contributed by atoms with Crippen LogP contribution in [0.5, 0.6) is 0 Å². The Balaban J connectivity index is 2.67. The summed E-state index contributed by atoms with van der Waals surface area (Å²) in [6, 6.07) is 7.55. The van der Waals surface area contributed by atoms with Gasteiger partial charge in [-0.15, -0.1) is 0 Å². The van der Waals surface area contributed by atoms with Crippen LogP contribution in [0, 0.1) is 5.82 Å². The van der Waals surface area contributed by atoms with Gasteiger partial charge in [0, 0.05) is 11.1 Å². The van der Waals surface area contributed by atoms with Crippen LogP contribution in [0.2, 0.25) is 0 Å². The molecule has 0 amide bonds. The van der Waals surface area contributed by atoms with Gasteiger partial charge in [0.25, 0.3) is 0 Å². The van der Waals surface area contributed by atoms with Crippen LogP contribution in [-0.4, -0.2) is 4.98 Å². The molecular formula is C16H20FN. The van der Waals surface area contributed by atoms with Crippen molar-refractivity contribution in [2.75, 3.05) is 0 Å². The van der Waals surface area contributed by atoms with Gasteiger partial charge >= 0.3 is 0 Å². The molecule has 0 saturated heterocycles. The molecule has 0 bridgehead atoms. The minimum absolute atomic E-state index is 0.136. The van der Waals surface area contributed by atoms with Gasteiger partial charge in [0.05, 0.1) is 5.52 Å². The topological polar surface area (TPSA) is 12.9 Å². The Kier molecular flexibility index (Phi) is 3.14. The SMILES string of the molecule is CC(C)c1ccc2c(F)c(C(C)(C)C)ccc2n1. The van der Waals surface area contributed by atoms with Crippen LogP contribution in [0.15, 0.2) is 24.3 Å². The molecule has 0 N–H and O–H groups in total. The molecule has 0 aliphatic rings. The van der Waals surface area contributed by atoms with Crippen LogP contribution in [0.4, 0.5) is 4.39 Å². The zero-order valence-corrected chi connectivity index (χ0v) is 11.7. The second-order valence-electron chi connectivity index (χ2n) is 6.13. The molecule has 0 aliphatic carbocycles. The molecule has 96 valence electrons. The molecule has 2 rings (SSSR count). The van der Waals surface area contributed by atoms with Crippen molar-refractivity contribution in [3.05, 3.63) is 41.3 Å². The van der Waals surface area contributed by atoms with Crippen molar-refractivity contribution in [3.8, 4) is 0 Å². The molecule has 1 aromatic carbocycles. The normalized spacial score (nSPS) is 12.4. The van der Waals surface area contributed by atoms with E-state index in [1.54, 1.807) is 0 Å². The van der Waals surface area contributed by atoms with E-state index in [2.05, 4.69) is 18.8 Å². The van der Waals surface area contributed by atoms with Gasteiger partial charge in [0.2, 0.25) is 0 Å². The fourth-order valence-corrected chi connectivity index (χ4v) is 2.08. The largest absolute Gasteiger partial charge is 0.252 e. The summed E-state index contributed by atoms with van der Waals surface area (Å²) in [4.78, 5) is 4.52. The van der Waals surface area contributed by atoms with Crippen molar-refractivity contribution in [1.29, 1.82) is 0 Å². The summed E-state index contributed by atoms with van der Waals surface area (Å²) < 4.78 is 14.5. The fourth-order valence-electron chi connectivity index (χ4n) is 2.08. The van der Waals surface area contributed by atoms with Gasteiger partial charge in [-0.1, -0.05) is 40.7 Å². The van der Waals surface area contributed by atoms with Crippen LogP contribution < -0.4 is 0 Å². The lowest BCUT2D eigenvalue weighted by Crippen LogP contribution is -2.13. The number of nitrogens with zero attached hydrogens (tertiary/aromatic N) is 1. The molecule has 1 nitrogen and oxygen atoms in total. The van der Waals surface area contributed by atoms with E-state index in [0.29, 0.717) is 11.3 Å². The van der Waals surface area contributed by atoms with E-state index in [0.717, 1.165) is 16.8 Å². The number of hydrogen-bond donors (Lipinski definition) is 0. The number of hydrogen-bond acceptors (Lipinski definition) is 1. The van der Waals surface area contributed by atoms with Gasteiger partial charge in [-0.05, 0) is 35.1 Å². The summed E-state index contributed by atoms with van der Waals surface area (Å²) in [5.41, 5.74) is 2.31. The first kappa shape index (κ1) is 13.0. The zero-order valence-electron chi connectivity index (χ0n) is 11.7. The third-order valence-electron chi connectivity index (χ3n) is 3.23. The number of halogens is 1. The van der Waals surface area contributed by atoms with E-state index in [4.69, 9.17) is 0 Å². The standard InChI is InChI=1S/C16H20FN/c1-10(2)13-8-6-11-14(18-13)9-7-12(15(11)17)16(3,4)5/h6-10H,1-5H3. The minimum atomic E-state index is -0.186. The van der Waals surface area contributed by atoms with E-state index in [1.165, 1.54) is 0 Å². The Morgan fingerprint density at radius 1 is 1.06 bits per heavy atom. The lowest BCUT2D eigenvalue weighted by Gasteiger charge is -2.20. The van der Waals surface area contributed by atoms with Gasteiger partial charge < -0.3 is 0 Å². The van der Waals surface area contributed by atoms with Crippen molar-refractivity contribution in [3.63, 3.8) is 0 Å². The van der Waals surface area contributed by atoms with Gasteiger partial charge in [0.15, 0.2) is 0 Å². The van der Waals surface area contributed by atoms with Crippen molar-refractivity contribution in [1.82, 2.24) is 4.98 Å². The molecule has 1 heterocycles. The summed E-state index contributed by atoms with van der Waals surface area (Å²) in [6.07, 6.45) is 0. The summed E-state index contributed by atoms with van der Waals surface area (Å²) >= 11 is 0. The highest BCUT2D eigenvalue weighted by molar-refractivity contribution is 5.80. The average Bonchev–Trinajstić information content (AvgIpc) is 2.27. The maximum absolute atomic E-state index is 14.5. The quantitative estimate of drug-likeness (QED) is 0.703. The van der Waals surface area contributed by atoms with Gasteiger partial charge in [-0.2, -0.15) is 0 Å². The Bertz CT molecular complexity index is 579. The minimum Gasteiger partial charge on any atom is -0.252 e. The first-order valence-electron chi connectivity index (χ1n) is 6.40. The van der Waals surface area contributed by atoms with Crippen LogP contribution in [0.25, 0.3) is 10.9 Å². The van der Waals surface area contributed by atoms with E-state index < -0.39 is 0 Å². The summed E-state index contributed by atoms with van der Waals surface area (Å²) in [5, 5.41) is 0.617. The highest BCUT2D eigenvalue weighted by Gasteiger charge is 2.20. The Morgan fingerprint density at radius 3 is 2.28 bits per heavy atom. The third-order valence-corrected chi connectivity index (χ3v) is 3.23. The first-order valence-corrected chi connectivity index (χ1v) is 6.40. The number of rotatable bonds is 1. The number of benzene rings is 1. The predicted octanol–water partition coefficient (Wildman–Crippen LogP) is 4.79. The maximum Gasteiger partial charge on any atom is 0.136 e. The van der Waals surface area contributed by atoms with E-state index in [9.17, 15) is 4.39 Å². The molecule has 0 saturated carbocycles. The molecule has 0 unspecified atom stereocenters. The third kappa shape index (κ3) is 2.24. The molecule has 0 atom stereocenters. The smallest absolute Gasteiger partial charge is 0.136 e. The van der Waals surface area contributed by atoms with Crippen molar-refractivity contribution in [2.24, 2.45) is 0 Å². The summed E-state index contributed by atoms with van der Waals surface area (Å²) in [6.45, 7) is 10.2.